The zero-order valence-electron chi connectivity index (χ0n) is 11.1. The van der Waals surface area contributed by atoms with Crippen LogP contribution in [0.2, 0.25) is 0 Å². The van der Waals surface area contributed by atoms with E-state index >= 15 is 0 Å². The lowest BCUT2D eigenvalue weighted by molar-refractivity contribution is -0.140. The molecular formula is C13H14F4N2OS. The predicted molar refractivity (Wildman–Crippen MR) is 74.3 cm³/mol. The van der Waals surface area contributed by atoms with Crippen LogP contribution >= 0.6 is 12.2 Å². The van der Waals surface area contributed by atoms with Gasteiger partial charge in [-0.05, 0) is 24.6 Å². The Balaban J connectivity index is 2.95. The Morgan fingerprint density at radius 2 is 2.05 bits per heavy atom. The number of thiocarbonyl (C=S) groups is 1. The fourth-order valence-corrected chi connectivity index (χ4v) is 1.89. The summed E-state index contributed by atoms with van der Waals surface area (Å²) in [6.45, 7) is 1.77. The zero-order chi connectivity index (χ0) is 16.2. The Hall–Kier alpha value is -1.70. The number of nitrogens with one attached hydrogen (secondary N) is 1. The van der Waals surface area contributed by atoms with Gasteiger partial charge in [-0.15, -0.1) is 0 Å². The topological polar surface area (TPSA) is 55.1 Å². The smallest absolute Gasteiger partial charge is 0.393 e. The Morgan fingerprint density at radius 3 is 2.52 bits per heavy atom. The van der Waals surface area contributed by atoms with Gasteiger partial charge in [0.25, 0.3) is 5.91 Å². The van der Waals surface area contributed by atoms with Crippen molar-refractivity contribution < 1.29 is 22.4 Å². The fraction of sp³-hybridized carbons (Fsp3) is 0.385. The van der Waals surface area contributed by atoms with E-state index < -0.39 is 23.5 Å². The van der Waals surface area contributed by atoms with Crippen LogP contribution in [0.4, 0.5) is 17.6 Å². The van der Waals surface area contributed by atoms with Crippen LogP contribution in [0.15, 0.2) is 18.2 Å². The summed E-state index contributed by atoms with van der Waals surface area (Å²) < 4.78 is 50.9. The summed E-state index contributed by atoms with van der Waals surface area (Å²) in [6, 6.07) is 1.71. The van der Waals surface area contributed by atoms with E-state index in [0.717, 1.165) is 6.07 Å². The maximum Gasteiger partial charge on any atom is 0.419 e. The Bertz CT molecular complexity index is 545. The maximum atomic E-state index is 13.1. The lowest BCUT2D eigenvalue weighted by Crippen LogP contribution is -2.37. The molecule has 0 aliphatic rings. The van der Waals surface area contributed by atoms with Gasteiger partial charge in [0.2, 0.25) is 0 Å². The summed E-state index contributed by atoms with van der Waals surface area (Å²) in [5.74, 6) is -2.15. The molecule has 3 nitrogen and oxygen atoms in total. The highest BCUT2D eigenvalue weighted by molar-refractivity contribution is 7.80. The molecule has 0 aliphatic carbocycles. The minimum atomic E-state index is -4.86. The second-order valence-corrected chi connectivity index (χ2v) is 4.97. The van der Waals surface area contributed by atoms with Gasteiger partial charge in [-0.2, -0.15) is 13.2 Å². The molecular weight excluding hydrogens is 308 g/mol. The summed E-state index contributed by atoms with van der Waals surface area (Å²) >= 11 is 4.72. The molecule has 0 fully saturated rings. The average Bonchev–Trinajstić information content (AvgIpc) is 2.36. The molecule has 0 spiro atoms. The van der Waals surface area contributed by atoms with Gasteiger partial charge in [0.1, 0.15) is 5.82 Å². The first kappa shape index (κ1) is 17.4. The normalized spacial score (nSPS) is 12.8. The van der Waals surface area contributed by atoms with Gasteiger partial charge in [0.05, 0.1) is 10.6 Å². The van der Waals surface area contributed by atoms with E-state index in [1.165, 1.54) is 0 Å². The fourth-order valence-electron chi connectivity index (χ4n) is 1.69. The van der Waals surface area contributed by atoms with Gasteiger partial charge in [-0.3, -0.25) is 4.79 Å². The van der Waals surface area contributed by atoms with Gasteiger partial charge in [-0.1, -0.05) is 19.1 Å². The SMILES string of the molecule is CCC(CC(N)=S)NC(=O)c1ccc(F)c(C(F)(F)F)c1. The first-order chi connectivity index (χ1) is 9.65. The number of benzene rings is 1. The average molecular weight is 322 g/mol. The molecule has 1 aromatic carbocycles. The van der Waals surface area contributed by atoms with Gasteiger partial charge in [0, 0.05) is 18.0 Å². The van der Waals surface area contributed by atoms with Crippen LogP contribution in [-0.2, 0) is 6.18 Å². The van der Waals surface area contributed by atoms with E-state index in [1.54, 1.807) is 6.92 Å². The van der Waals surface area contributed by atoms with Crippen LogP contribution in [0.25, 0.3) is 0 Å². The molecule has 0 bridgehead atoms. The summed E-state index contributed by atoms with van der Waals surface area (Å²) in [5.41, 5.74) is 3.62. The van der Waals surface area contributed by atoms with Crippen LogP contribution in [0.5, 0.6) is 0 Å². The summed E-state index contributed by atoms with van der Waals surface area (Å²) in [7, 11) is 0. The molecule has 3 N–H and O–H groups in total. The molecule has 1 aromatic rings. The van der Waals surface area contributed by atoms with Crippen LogP contribution < -0.4 is 11.1 Å². The minimum absolute atomic E-state index is 0.192. The van der Waals surface area contributed by atoms with Gasteiger partial charge >= 0.3 is 6.18 Å². The van der Waals surface area contributed by atoms with Crippen LogP contribution in [-0.4, -0.2) is 16.9 Å². The number of halogens is 4. The Kier molecular flexibility index (Phi) is 5.65. The standard InChI is InChI=1S/C13H14F4N2OS/c1-2-8(6-11(18)21)19-12(20)7-3-4-10(14)9(5-7)13(15,16)17/h3-5,8H,2,6H2,1H3,(H2,18,21)(H,19,20). The number of carbonyl (C=O) groups excluding carboxylic acids is 1. The van der Waals surface area contributed by atoms with E-state index in [1.807, 2.05) is 0 Å². The highest BCUT2D eigenvalue weighted by Crippen LogP contribution is 2.31. The third-order valence-corrected chi connectivity index (χ3v) is 2.98. The van der Waals surface area contributed by atoms with Crippen LogP contribution in [0, 0.1) is 5.82 Å². The van der Waals surface area contributed by atoms with E-state index in [4.69, 9.17) is 18.0 Å². The number of nitrogens with two attached hydrogens (primary N) is 1. The van der Waals surface area contributed by atoms with E-state index in [2.05, 4.69) is 5.32 Å². The van der Waals surface area contributed by atoms with Crippen molar-refractivity contribution in [3.63, 3.8) is 0 Å². The van der Waals surface area contributed by atoms with Crippen molar-refractivity contribution in [1.82, 2.24) is 5.32 Å². The number of carbonyl (C=O) groups is 1. The Morgan fingerprint density at radius 1 is 1.43 bits per heavy atom. The molecule has 0 aromatic heterocycles. The lowest BCUT2D eigenvalue weighted by Gasteiger charge is -2.17. The highest BCUT2D eigenvalue weighted by atomic mass is 32.1. The van der Waals surface area contributed by atoms with E-state index in [0.29, 0.717) is 18.6 Å². The van der Waals surface area contributed by atoms with Gasteiger partial charge in [-0.25, -0.2) is 4.39 Å². The molecule has 1 amide bonds. The van der Waals surface area contributed by atoms with Crippen molar-refractivity contribution >= 4 is 23.1 Å². The highest BCUT2D eigenvalue weighted by Gasteiger charge is 2.34. The molecule has 0 aliphatic heterocycles. The van der Waals surface area contributed by atoms with Crippen LogP contribution in [0.3, 0.4) is 0 Å². The summed E-state index contributed by atoms with van der Waals surface area (Å²) in [5, 5.41) is 2.52. The first-order valence-electron chi connectivity index (χ1n) is 6.11. The Labute approximate surface area is 124 Å². The molecule has 21 heavy (non-hydrogen) atoms. The number of hydrogen-bond donors (Lipinski definition) is 2. The van der Waals surface area contributed by atoms with E-state index in [-0.39, 0.29) is 23.0 Å². The molecule has 0 radical (unpaired) electrons. The van der Waals surface area contributed by atoms with E-state index in [9.17, 15) is 22.4 Å². The van der Waals surface area contributed by atoms with Crippen molar-refractivity contribution in [2.75, 3.05) is 0 Å². The zero-order valence-corrected chi connectivity index (χ0v) is 11.9. The second kappa shape index (κ2) is 6.84. The maximum absolute atomic E-state index is 13.1. The molecule has 0 saturated heterocycles. The third kappa shape index (κ3) is 4.96. The summed E-state index contributed by atoms with van der Waals surface area (Å²) in [6.07, 6.45) is -4.11. The largest absolute Gasteiger partial charge is 0.419 e. The van der Waals surface area contributed by atoms with Gasteiger partial charge in [0.15, 0.2) is 0 Å². The van der Waals surface area contributed by atoms with Crippen molar-refractivity contribution in [2.24, 2.45) is 5.73 Å². The van der Waals surface area contributed by atoms with Crippen molar-refractivity contribution in [3.05, 3.63) is 35.1 Å². The predicted octanol–water partition coefficient (Wildman–Crippen LogP) is 3.03. The first-order valence-corrected chi connectivity index (χ1v) is 6.51. The van der Waals surface area contributed by atoms with Crippen molar-refractivity contribution in [1.29, 1.82) is 0 Å². The van der Waals surface area contributed by atoms with Crippen molar-refractivity contribution in [3.8, 4) is 0 Å². The number of hydrogen-bond acceptors (Lipinski definition) is 2. The number of amides is 1. The third-order valence-electron chi connectivity index (χ3n) is 2.81. The number of alkyl halides is 3. The lowest BCUT2D eigenvalue weighted by atomic mass is 10.1. The quantitative estimate of drug-likeness (QED) is 0.647. The minimum Gasteiger partial charge on any atom is -0.393 e. The van der Waals surface area contributed by atoms with Crippen molar-refractivity contribution in [2.45, 2.75) is 32.0 Å². The molecule has 0 heterocycles. The molecule has 8 heteroatoms. The molecule has 0 saturated carbocycles. The molecule has 1 unspecified atom stereocenters. The monoisotopic (exact) mass is 322 g/mol. The second-order valence-electron chi connectivity index (χ2n) is 4.44. The molecule has 1 atom stereocenters. The number of rotatable bonds is 5. The molecule has 116 valence electrons. The van der Waals surface area contributed by atoms with Crippen LogP contribution in [0.1, 0.15) is 35.7 Å². The summed E-state index contributed by atoms with van der Waals surface area (Å²) in [4.78, 5) is 12.1. The molecule has 1 rings (SSSR count). The van der Waals surface area contributed by atoms with Gasteiger partial charge < -0.3 is 11.1 Å².